The fraction of sp³-hybridized carbons (Fsp3) is 0.200. The van der Waals surface area contributed by atoms with Gasteiger partial charge >= 0.3 is 5.97 Å². The molecule has 0 aliphatic rings. The minimum Gasteiger partial charge on any atom is -0.478 e. The second-order valence-corrected chi connectivity index (χ2v) is 4.61. The Bertz CT molecular complexity index is 726. The van der Waals surface area contributed by atoms with Gasteiger partial charge in [0.05, 0.1) is 21.9 Å². The SMILES string of the molecule is CCc1nc(-c2ccc(C)c([N+](=O)[O-])c2)ccc1C(=O)O. The molecule has 0 unspecified atom stereocenters. The highest BCUT2D eigenvalue weighted by molar-refractivity contribution is 5.89. The summed E-state index contributed by atoms with van der Waals surface area (Å²) in [5.41, 5.74) is 2.33. The minimum absolute atomic E-state index is 0.0228. The van der Waals surface area contributed by atoms with Gasteiger partial charge in [0.25, 0.3) is 5.69 Å². The molecule has 0 saturated heterocycles. The van der Waals surface area contributed by atoms with Crippen molar-refractivity contribution in [3.63, 3.8) is 0 Å². The van der Waals surface area contributed by atoms with Crippen molar-refractivity contribution in [2.24, 2.45) is 0 Å². The zero-order valence-electron chi connectivity index (χ0n) is 11.7. The predicted octanol–water partition coefficient (Wildman–Crippen LogP) is 3.23. The molecule has 0 aliphatic heterocycles. The fourth-order valence-corrected chi connectivity index (χ4v) is 2.09. The van der Waals surface area contributed by atoms with Crippen LogP contribution < -0.4 is 0 Å². The zero-order chi connectivity index (χ0) is 15.6. The number of aryl methyl sites for hydroxylation is 2. The van der Waals surface area contributed by atoms with Gasteiger partial charge < -0.3 is 5.11 Å². The number of hydrogen-bond donors (Lipinski definition) is 1. The molecular formula is C15H14N2O4. The van der Waals surface area contributed by atoms with E-state index < -0.39 is 10.9 Å². The number of carboxylic acids is 1. The van der Waals surface area contributed by atoms with Crippen molar-refractivity contribution in [1.29, 1.82) is 0 Å². The van der Waals surface area contributed by atoms with Crippen LogP contribution in [-0.2, 0) is 6.42 Å². The van der Waals surface area contributed by atoms with E-state index in [0.717, 1.165) is 0 Å². The molecule has 1 aromatic carbocycles. The molecule has 0 radical (unpaired) electrons. The van der Waals surface area contributed by atoms with Gasteiger partial charge in [-0.1, -0.05) is 19.1 Å². The number of benzene rings is 1. The Labute approximate surface area is 121 Å². The first-order valence-electron chi connectivity index (χ1n) is 6.42. The molecule has 0 atom stereocenters. The summed E-state index contributed by atoms with van der Waals surface area (Å²) in [5, 5.41) is 20.1. The van der Waals surface area contributed by atoms with Crippen LogP contribution in [-0.4, -0.2) is 21.0 Å². The Hall–Kier alpha value is -2.76. The lowest BCUT2D eigenvalue weighted by atomic mass is 10.0. The molecule has 1 N–H and O–H groups in total. The predicted molar refractivity (Wildman–Crippen MR) is 77.4 cm³/mol. The summed E-state index contributed by atoms with van der Waals surface area (Å²) in [6.45, 7) is 3.48. The van der Waals surface area contributed by atoms with E-state index in [1.165, 1.54) is 12.1 Å². The van der Waals surface area contributed by atoms with Crippen LogP contribution in [0.3, 0.4) is 0 Å². The van der Waals surface area contributed by atoms with Crippen LogP contribution in [0.5, 0.6) is 0 Å². The highest BCUT2D eigenvalue weighted by Gasteiger charge is 2.15. The van der Waals surface area contributed by atoms with Crippen LogP contribution in [0.25, 0.3) is 11.3 Å². The molecule has 0 aliphatic carbocycles. The van der Waals surface area contributed by atoms with Gasteiger partial charge in [-0.2, -0.15) is 0 Å². The highest BCUT2D eigenvalue weighted by Crippen LogP contribution is 2.26. The number of nitrogens with zero attached hydrogens (tertiary/aromatic N) is 2. The van der Waals surface area contributed by atoms with Crippen LogP contribution >= 0.6 is 0 Å². The van der Waals surface area contributed by atoms with Gasteiger partial charge in [-0.15, -0.1) is 0 Å². The van der Waals surface area contributed by atoms with Crippen LogP contribution in [0.15, 0.2) is 30.3 Å². The Morgan fingerprint density at radius 1 is 1.33 bits per heavy atom. The molecule has 6 heteroatoms. The van der Waals surface area contributed by atoms with E-state index in [1.54, 1.807) is 25.1 Å². The minimum atomic E-state index is -1.03. The Balaban J connectivity index is 2.55. The molecule has 0 saturated carbocycles. The first-order valence-corrected chi connectivity index (χ1v) is 6.42. The number of pyridine rings is 1. The normalized spacial score (nSPS) is 10.4. The first-order chi connectivity index (χ1) is 9.93. The molecule has 21 heavy (non-hydrogen) atoms. The number of rotatable bonds is 4. The van der Waals surface area contributed by atoms with Crippen molar-refractivity contribution < 1.29 is 14.8 Å². The second kappa shape index (κ2) is 5.70. The quantitative estimate of drug-likeness (QED) is 0.688. The van der Waals surface area contributed by atoms with Gasteiger partial charge in [0.1, 0.15) is 0 Å². The summed E-state index contributed by atoms with van der Waals surface area (Å²) < 4.78 is 0. The third-order valence-electron chi connectivity index (χ3n) is 3.24. The number of aromatic carboxylic acids is 1. The lowest BCUT2D eigenvalue weighted by Gasteiger charge is -2.07. The topological polar surface area (TPSA) is 93.3 Å². The van der Waals surface area contributed by atoms with Gasteiger partial charge in [0.2, 0.25) is 0 Å². The lowest BCUT2D eigenvalue weighted by Crippen LogP contribution is -2.05. The van der Waals surface area contributed by atoms with Crippen molar-refractivity contribution in [1.82, 2.24) is 4.98 Å². The average Bonchev–Trinajstić information content (AvgIpc) is 2.46. The molecule has 0 amide bonds. The maximum Gasteiger partial charge on any atom is 0.337 e. The second-order valence-electron chi connectivity index (χ2n) is 4.61. The van der Waals surface area contributed by atoms with Crippen molar-refractivity contribution >= 4 is 11.7 Å². The van der Waals surface area contributed by atoms with Gasteiger partial charge in [-0.3, -0.25) is 15.1 Å². The Morgan fingerprint density at radius 2 is 2.05 bits per heavy atom. The van der Waals surface area contributed by atoms with Gasteiger partial charge in [-0.05, 0) is 25.5 Å². The van der Waals surface area contributed by atoms with Crippen LogP contribution in [0.2, 0.25) is 0 Å². The number of carboxylic acid groups (broad SMARTS) is 1. The summed E-state index contributed by atoms with van der Waals surface area (Å²) in [6.07, 6.45) is 0.476. The van der Waals surface area contributed by atoms with Crippen molar-refractivity contribution in [2.45, 2.75) is 20.3 Å². The third kappa shape index (κ3) is 2.89. The summed E-state index contributed by atoms with van der Waals surface area (Å²) in [6, 6.07) is 7.90. The standard InChI is InChI=1S/C15H14N2O4/c1-3-12-11(15(18)19)6-7-13(16-12)10-5-4-9(2)14(8-10)17(20)21/h4-8H,3H2,1-2H3,(H,18,19). The van der Waals surface area contributed by atoms with Crippen molar-refractivity contribution in [3.8, 4) is 11.3 Å². The molecule has 2 rings (SSSR count). The van der Waals surface area contributed by atoms with Gasteiger partial charge in [0.15, 0.2) is 0 Å². The van der Waals surface area contributed by atoms with E-state index in [1.807, 2.05) is 6.92 Å². The van der Waals surface area contributed by atoms with E-state index in [4.69, 9.17) is 5.11 Å². The number of nitro benzene ring substituents is 1. The highest BCUT2D eigenvalue weighted by atomic mass is 16.6. The molecular weight excluding hydrogens is 272 g/mol. The molecule has 0 bridgehead atoms. The molecule has 0 fully saturated rings. The number of hydrogen-bond acceptors (Lipinski definition) is 4. The number of carbonyl (C=O) groups is 1. The largest absolute Gasteiger partial charge is 0.478 e. The van der Waals surface area contributed by atoms with Crippen molar-refractivity contribution in [2.75, 3.05) is 0 Å². The average molecular weight is 286 g/mol. The van der Waals surface area contributed by atoms with Crippen LogP contribution in [0, 0.1) is 17.0 Å². The van der Waals surface area contributed by atoms with E-state index in [9.17, 15) is 14.9 Å². The molecule has 1 aromatic heterocycles. The molecule has 0 spiro atoms. The van der Waals surface area contributed by atoms with E-state index in [0.29, 0.717) is 28.9 Å². The maximum atomic E-state index is 11.1. The van der Waals surface area contributed by atoms with Gasteiger partial charge in [-0.25, -0.2) is 4.79 Å². The molecule has 2 aromatic rings. The van der Waals surface area contributed by atoms with E-state index >= 15 is 0 Å². The molecule has 6 nitrogen and oxygen atoms in total. The molecule has 1 heterocycles. The summed E-state index contributed by atoms with van der Waals surface area (Å²) in [7, 11) is 0. The maximum absolute atomic E-state index is 11.1. The van der Waals surface area contributed by atoms with Crippen molar-refractivity contribution in [3.05, 3.63) is 57.3 Å². The smallest absolute Gasteiger partial charge is 0.337 e. The van der Waals surface area contributed by atoms with Gasteiger partial charge in [0, 0.05) is 17.2 Å². The fourth-order valence-electron chi connectivity index (χ4n) is 2.09. The number of aromatic nitrogens is 1. The van der Waals surface area contributed by atoms with E-state index in [2.05, 4.69) is 4.98 Å². The number of nitro groups is 1. The Kier molecular flexibility index (Phi) is 3.98. The summed E-state index contributed by atoms with van der Waals surface area (Å²) in [5.74, 6) is -1.03. The van der Waals surface area contributed by atoms with Crippen LogP contribution in [0.4, 0.5) is 5.69 Å². The monoisotopic (exact) mass is 286 g/mol. The zero-order valence-corrected chi connectivity index (χ0v) is 11.7. The molecule has 108 valence electrons. The van der Waals surface area contributed by atoms with E-state index in [-0.39, 0.29) is 11.3 Å². The Morgan fingerprint density at radius 3 is 2.62 bits per heavy atom. The summed E-state index contributed by atoms with van der Waals surface area (Å²) in [4.78, 5) is 25.9. The summed E-state index contributed by atoms with van der Waals surface area (Å²) >= 11 is 0. The first kappa shape index (κ1) is 14.6. The third-order valence-corrected chi connectivity index (χ3v) is 3.24. The van der Waals surface area contributed by atoms with Crippen LogP contribution in [0.1, 0.15) is 28.5 Å². The lowest BCUT2D eigenvalue weighted by molar-refractivity contribution is -0.385.